The summed E-state index contributed by atoms with van der Waals surface area (Å²) in [6, 6.07) is 5.33. The van der Waals surface area contributed by atoms with Crippen molar-refractivity contribution in [2.75, 3.05) is 19.8 Å². The first kappa shape index (κ1) is 21.0. The van der Waals surface area contributed by atoms with Crippen LogP contribution in [0.25, 0.3) is 0 Å². The highest BCUT2D eigenvalue weighted by molar-refractivity contribution is 7.89. The van der Waals surface area contributed by atoms with Gasteiger partial charge < -0.3 is 15.4 Å². The third-order valence-corrected chi connectivity index (χ3v) is 5.42. The fraction of sp³-hybridized carbons (Fsp3) is 0.471. The number of Topliss-reactive ketones (excluding diaryl/α,β-unsaturated/α-hetero) is 1. The molecule has 0 aromatic heterocycles. The maximum absolute atomic E-state index is 12.6. The van der Waals surface area contributed by atoms with Crippen molar-refractivity contribution in [1.82, 2.24) is 15.4 Å². The number of benzene rings is 1. The molecule has 148 valence electrons. The number of ether oxygens (including phenoxy) is 1. The summed E-state index contributed by atoms with van der Waals surface area (Å²) in [6.45, 7) is 3.59. The van der Waals surface area contributed by atoms with Gasteiger partial charge in [0.1, 0.15) is 12.1 Å². The van der Waals surface area contributed by atoms with Crippen molar-refractivity contribution in [2.45, 2.75) is 30.8 Å². The highest BCUT2D eigenvalue weighted by Crippen LogP contribution is 2.12. The van der Waals surface area contributed by atoms with Gasteiger partial charge in [-0.3, -0.25) is 14.4 Å². The van der Waals surface area contributed by atoms with E-state index in [1.165, 1.54) is 12.1 Å². The standard InChI is InChI=1S/C17H23N3O6S/c1-11(2)14(20-27(24,25)12-6-4-3-5-7-12)16(22)19-13-10-26-9-8-18-17(23)15(13)21/h3-7,11,13-14,20H,8-10H2,1-2H3,(H,18,23)(H,19,22). The van der Waals surface area contributed by atoms with Gasteiger partial charge in [0, 0.05) is 6.54 Å². The van der Waals surface area contributed by atoms with Crippen LogP contribution in [0, 0.1) is 5.92 Å². The molecule has 3 N–H and O–H groups in total. The maximum Gasteiger partial charge on any atom is 0.289 e. The number of rotatable bonds is 6. The number of hydrogen-bond acceptors (Lipinski definition) is 6. The Morgan fingerprint density at radius 2 is 1.89 bits per heavy atom. The minimum absolute atomic E-state index is 0.0215. The summed E-state index contributed by atoms with van der Waals surface area (Å²) in [5.74, 6) is -2.76. The highest BCUT2D eigenvalue weighted by Gasteiger charge is 2.33. The molecule has 1 aromatic carbocycles. The molecule has 0 radical (unpaired) electrons. The fourth-order valence-electron chi connectivity index (χ4n) is 2.45. The summed E-state index contributed by atoms with van der Waals surface area (Å²) in [5.41, 5.74) is 0. The van der Waals surface area contributed by atoms with Gasteiger partial charge in [-0.15, -0.1) is 0 Å². The molecule has 0 saturated carbocycles. The Hall–Kier alpha value is -2.30. The van der Waals surface area contributed by atoms with Gasteiger partial charge in [0.05, 0.1) is 18.1 Å². The highest BCUT2D eigenvalue weighted by atomic mass is 32.2. The molecule has 10 heteroatoms. The van der Waals surface area contributed by atoms with Crippen molar-refractivity contribution >= 4 is 27.6 Å². The molecular weight excluding hydrogens is 374 g/mol. The van der Waals surface area contributed by atoms with Gasteiger partial charge in [-0.1, -0.05) is 32.0 Å². The quantitative estimate of drug-likeness (QED) is 0.538. The minimum atomic E-state index is -3.93. The van der Waals surface area contributed by atoms with Crippen molar-refractivity contribution in [1.29, 1.82) is 0 Å². The SMILES string of the molecule is CC(C)C(NS(=O)(=O)c1ccccc1)C(=O)NC1COCCNC(=O)C1=O. The smallest absolute Gasteiger partial charge is 0.289 e. The lowest BCUT2D eigenvalue weighted by atomic mass is 10.0. The Bertz CT molecular complexity index is 794. The third-order valence-electron chi connectivity index (χ3n) is 3.96. The van der Waals surface area contributed by atoms with Crippen LogP contribution in [0.15, 0.2) is 35.2 Å². The molecule has 1 aliphatic rings. The van der Waals surface area contributed by atoms with E-state index >= 15 is 0 Å². The largest absolute Gasteiger partial charge is 0.377 e. The van der Waals surface area contributed by atoms with Crippen LogP contribution < -0.4 is 15.4 Å². The van der Waals surface area contributed by atoms with Crippen LogP contribution in [0.1, 0.15) is 13.8 Å². The van der Waals surface area contributed by atoms with Crippen LogP contribution in [0.5, 0.6) is 0 Å². The molecule has 0 aliphatic carbocycles. The van der Waals surface area contributed by atoms with Crippen molar-refractivity contribution in [3.8, 4) is 0 Å². The van der Waals surface area contributed by atoms with Gasteiger partial charge >= 0.3 is 0 Å². The molecule has 2 unspecified atom stereocenters. The van der Waals surface area contributed by atoms with Crippen molar-refractivity contribution in [3.05, 3.63) is 30.3 Å². The van der Waals surface area contributed by atoms with E-state index in [0.29, 0.717) is 0 Å². The maximum atomic E-state index is 12.6. The molecule has 1 aliphatic heterocycles. The van der Waals surface area contributed by atoms with Crippen LogP contribution in [-0.4, -0.2) is 57.9 Å². The second-order valence-electron chi connectivity index (χ2n) is 6.41. The zero-order chi connectivity index (χ0) is 20.0. The zero-order valence-corrected chi connectivity index (χ0v) is 15.9. The average molecular weight is 397 g/mol. The van der Waals surface area contributed by atoms with Gasteiger partial charge in [-0.05, 0) is 18.1 Å². The van der Waals surface area contributed by atoms with E-state index in [1.54, 1.807) is 32.0 Å². The van der Waals surface area contributed by atoms with Crippen molar-refractivity contribution < 1.29 is 27.5 Å². The Kier molecular flexibility index (Phi) is 7.05. The molecule has 1 fully saturated rings. The van der Waals surface area contributed by atoms with Gasteiger partial charge in [-0.2, -0.15) is 4.72 Å². The lowest BCUT2D eigenvalue weighted by molar-refractivity contribution is -0.142. The summed E-state index contributed by atoms with van der Waals surface area (Å²) in [4.78, 5) is 36.4. The molecule has 27 heavy (non-hydrogen) atoms. The molecule has 1 heterocycles. The van der Waals surface area contributed by atoms with E-state index in [9.17, 15) is 22.8 Å². The van der Waals surface area contributed by atoms with Gasteiger partial charge in [-0.25, -0.2) is 8.42 Å². The molecule has 0 spiro atoms. The predicted octanol–water partition coefficient (Wildman–Crippen LogP) is -0.810. The number of ketones is 1. The summed E-state index contributed by atoms with van der Waals surface area (Å²) in [5, 5.41) is 4.79. The summed E-state index contributed by atoms with van der Waals surface area (Å²) in [7, 11) is -3.93. The van der Waals surface area contributed by atoms with E-state index in [-0.39, 0.29) is 24.7 Å². The Labute approximate surface area is 157 Å². The van der Waals surface area contributed by atoms with E-state index in [1.807, 2.05) is 0 Å². The molecule has 9 nitrogen and oxygen atoms in total. The normalized spacial score (nSPS) is 19.7. The summed E-state index contributed by atoms with van der Waals surface area (Å²) in [6.07, 6.45) is 0. The second-order valence-corrected chi connectivity index (χ2v) is 8.13. The lowest BCUT2D eigenvalue weighted by Crippen LogP contribution is -2.57. The minimum Gasteiger partial charge on any atom is -0.377 e. The second kappa shape index (κ2) is 9.07. The number of sulfonamides is 1. The number of hydrogen-bond donors (Lipinski definition) is 3. The van der Waals surface area contributed by atoms with E-state index in [0.717, 1.165) is 0 Å². The summed E-state index contributed by atoms with van der Waals surface area (Å²) >= 11 is 0. The third kappa shape index (κ3) is 5.59. The van der Waals surface area contributed by atoms with Crippen molar-refractivity contribution in [3.63, 3.8) is 0 Å². The first-order valence-corrected chi connectivity index (χ1v) is 9.98. The molecule has 1 saturated heterocycles. The van der Waals surface area contributed by atoms with Gasteiger partial charge in [0.25, 0.3) is 5.91 Å². The Balaban J connectivity index is 2.14. The fourth-order valence-corrected chi connectivity index (χ4v) is 3.82. The van der Waals surface area contributed by atoms with Crippen molar-refractivity contribution in [2.24, 2.45) is 5.92 Å². The molecular formula is C17H23N3O6S. The molecule has 2 atom stereocenters. The molecule has 1 aromatic rings. The first-order valence-electron chi connectivity index (χ1n) is 8.50. The monoisotopic (exact) mass is 397 g/mol. The Morgan fingerprint density at radius 3 is 2.52 bits per heavy atom. The van der Waals surface area contributed by atoms with Crippen LogP contribution in [0.3, 0.4) is 0 Å². The van der Waals surface area contributed by atoms with Crippen LogP contribution in [0.4, 0.5) is 0 Å². The number of amides is 2. The lowest BCUT2D eigenvalue weighted by Gasteiger charge is -2.25. The first-order chi connectivity index (χ1) is 12.7. The zero-order valence-electron chi connectivity index (χ0n) is 15.1. The van der Waals surface area contributed by atoms with E-state index in [4.69, 9.17) is 4.74 Å². The number of carbonyl (C=O) groups excluding carboxylic acids is 3. The van der Waals surface area contributed by atoms with Gasteiger partial charge in [0.2, 0.25) is 21.7 Å². The molecule has 0 bridgehead atoms. The molecule has 2 amide bonds. The van der Waals surface area contributed by atoms with E-state index in [2.05, 4.69) is 15.4 Å². The number of nitrogens with one attached hydrogen (secondary N) is 3. The Morgan fingerprint density at radius 1 is 1.22 bits per heavy atom. The van der Waals surface area contributed by atoms with Crippen LogP contribution in [0.2, 0.25) is 0 Å². The topological polar surface area (TPSA) is 131 Å². The van der Waals surface area contributed by atoms with E-state index < -0.39 is 45.6 Å². The van der Waals surface area contributed by atoms with Crippen LogP contribution >= 0.6 is 0 Å². The molecule has 2 rings (SSSR count). The predicted molar refractivity (Wildman–Crippen MR) is 96.2 cm³/mol. The summed E-state index contributed by atoms with van der Waals surface area (Å²) < 4.78 is 32.6. The average Bonchev–Trinajstić information content (AvgIpc) is 2.63. The van der Waals surface area contributed by atoms with Gasteiger partial charge in [0.15, 0.2) is 0 Å². The number of carbonyl (C=O) groups is 3. The van der Waals surface area contributed by atoms with Crippen LogP contribution in [-0.2, 0) is 29.1 Å².